The van der Waals surface area contributed by atoms with E-state index in [4.69, 9.17) is 21.3 Å². The van der Waals surface area contributed by atoms with Crippen molar-refractivity contribution in [1.29, 1.82) is 0 Å². The summed E-state index contributed by atoms with van der Waals surface area (Å²) in [5.41, 5.74) is 4.21. The minimum atomic E-state index is -1.01. The number of rotatable bonds is 10. The van der Waals surface area contributed by atoms with Crippen LogP contribution in [0.25, 0.3) is 15.6 Å². The molecule has 1 saturated carbocycles. The van der Waals surface area contributed by atoms with Crippen molar-refractivity contribution in [3.05, 3.63) is 71.2 Å². The lowest BCUT2D eigenvalue weighted by Crippen LogP contribution is -2.57. The first kappa shape index (κ1) is 31.7. The summed E-state index contributed by atoms with van der Waals surface area (Å²) >= 11 is 0. The minimum absolute atomic E-state index is 0.0683. The normalized spacial score (nSPS) is 19.0. The molecular formula is C35H43FN8O2. The molecule has 3 aliphatic rings. The van der Waals surface area contributed by atoms with Gasteiger partial charge in [0, 0.05) is 61.3 Å². The minimum Gasteiger partial charge on any atom is -0.462 e. The number of likely N-dealkylation sites (N-methyl/N-ethyl adjacent to an activating group) is 1. The molecule has 1 aromatic carbocycles. The van der Waals surface area contributed by atoms with Crippen LogP contribution in [-0.4, -0.2) is 95.7 Å². The van der Waals surface area contributed by atoms with Gasteiger partial charge < -0.3 is 29.2 Å². The second kappa shape index (κ2) is 13.6. The van der Waals surface area contributed by atoms with Crippen LogP contribution in [0.3, 0.4) is 0 Å². The predicted molar refractivity (Wildman–Crippen MR) is 178 cm³/mol. The van der Waals surface area contributed by atoms with Gasteiger partial charge >= 0.3 is 6.01 Å². The van der Waals surface area contributed by atoms with Gasteiger partial charge in [-0.3, -0.25) is 9.78 Å². The number of benzene rings is 1. The number of hydrogen-bond acceptors (Lipinski definition) is 8. The Kier molecular flexibility index (Phi) is 9.36. The lowest BCUT2D eigenvalue weighted by Gasteiger charge is -2.41. The number of aromatic nitrogens is 3. The van der Waals surface area contributed by atoms with Gasteiger partial charge in [-0.2, -0.15) is 9.97 Å². The van der Waals surface area contributed by atoms with E-state index in [-0.39, 0.29) is 13.1 Å². The van der Waals surface area contributed by atoms with Crippen molar-refractivity contribution in [3.8, 4) is 6.01 Å². The molecular weight excluding hydrogens is 583 g/mol. The lowest BCUT2D eigenvalue weighted by atomic mass is 9.80. The molecule has 4 heterocycles. The summed E-state index contributed by atoms with van der Waals surface area (Å²) in [5.74, 6) is -0.243. The molecule has 46 heavy (non-hydrogen) atoms. The number of hydrogen-bond donors (Lipinski definition) is 0. The zero-order valence-electron chi connectivity index (χ0n) is 27.1. The smallest absolute Gasteiger partial charge is 0.318 e. The van der Waals surface area contributed by atoms with E-state index in [2.05, 4.69) is 70.2 Å². The molecule has 0 unspecified atom stereocenters. The largest absolute Gasteiger partial charge is 0.462 e. The number of anilines is 2. The molecule has 242 valence electrons. The average Bonchev–Trinajstić information content (AvgIpc) is 3.03. The van der Waals surface area contributed by atoms with Gasteiger partial charge in [-0.1, -0.05) is 31.2 Å². The number of amides is 1. The Morgan fingerprint density at radius 1 is 1.22 bits per heavy atom. The number of halogens is 1. The summed E-state index contributed by atoms with van der Waals surface area (Å²) in [5, 5.41) is 2.29. The van der Waals surface area contributed by atoms with Crippen molar-refractivity contribution in [2.45, 2.75) is 58.2 Å². The molecule has 6 rings (SSSR count). The van der Waals surface area contributed by atoms with Crippen LogP contribution < -0.4 is 14.5 Å². The standard InChI is InChI=1S/C35H43FN8O2/c1-23-8-6-11-27-18-38-20-31(32(23)27)42-13-12-29-30(22-42)39-35(46-17-16-41(5)25(3)26-9-7-10-26)40-33(29)43-14-15-44(34(45)24(2)36)28(21-43)19-37-4/h6,8,11,18,20,25-26,28H,2,7,9-10,12-17,19,21-22H2,1,3,5H3/t25-,28+/m1/s1. The van der Waals surface area contributed by atoms with Crippen LogP contribution in [0.5, 0.6) is 6.01 Å². The number of carbonyl (C=O) groups excluding carboxylic acids is 1. The van der Waals surface area contributed by atoms with E-state index in [0.717, 1.165) is 47.2 Å². The summed E-state index contributed by atoms with van der Waals surface area (Å²) in [6.07, 6.45) is 8.45. The first-order chi connectivity index (χ1) is 22.2. The molecule has 10 nitrogen and oxygen atoms in total. The van der Waals surface area contributed by atoms with Crippen LogP contribution in [-0.2, 0) is 17.8 Å². The van der Waals surface area contributed by atoms with Gasteiger partial charge in [-0.05, 0) is 51.6 Å². The molecule has 0 N–H and O–H groups in total. The first-order valence-corrected chi connectivity index (χ1v) is 16.3. The van der Waals surface area contributed by atoms with Crippen molar-refractivity contribution in [3.63, 3.8) is 0 Å². The Morgan fingerprint density at radius 2 is 2.04 bits per heavy atom. The van der Waals surface area contributed by atoms with E-state index >= 15 is 0 Å². The topological polar surface area (TPSA) is 82.3 Å². The third-order valence-corrected chi connectivity index (χ3v) is 10.1. The van der Waals surface area contributed by atoms with E-state index in [0.29, 0.717) is 44.7 Å². The maximum Gasteiger partial charge on any atom is 0.318 e. The fourth-order valence-electron chi connectivity index (χ4n) is 7.06. The molecule has 1 aliphatic carbocycles. The molecule has 0 bridgehead atoms. The highest BCUT2D eigenvalue weighted by Crippen LogP contribution is 2.36. The van der Waals surface area contributed by atoms with Crippen molar-refractivity contribution in [2.24, 2.45) is 5.92 Å². The molecule has 2 aromatic heterocycles. The molecule has 2 aliphatic heterocycles. The number of pyridine rings is 1. The summed E-state index contributed by atoms with van der Waals surface area (Å²) < 4.78 is 20.1. The van der Waals surface area contributed by atoms with Gasteiger partial charge in [0.15, 0.2) is 5.83 Å². The maximum absolute atomic E-state index is 13.9. The summed E-state index contributed by atoms with van der Waals surface area (Å²) in [4.78, 5) is 38.8. The van der Waals surface area contributed by atoms with Crippen LogP contribution >= 0.6 is 0 Å². The fourth-order valence-corrected chi connectivity index (χ4v) is 7.06. The molecule has 0 spiro atoms. The third-order valence-electron chi connectivity index (χ3n) is 10.1. The second-order valence-corrected chi connectivity index (χ2v) is 12.9. The highest BCUT2D eigenvalue weighted by atomic mass is 19.1. The fraction of sp³-hybridized carbons (Fsp3) is 0.514. The Hall–Kier alpha value is -4.30. The van der Waals surface area contributed by atoms with E-state index in [1.807, 2.05) is 12.4 Å². The van der Waals surface area contributed by atoms with E-state index in [1.165, 1.54) is 35.1 Å². The van der Waals surface area contributed by atoms with Gasteiger partial charge in [0.1, 0.15) is 18.5 Å². The zero-order valence-corrected chi connectivity index (χ0v) is 27.1. The molecule has 11 heteroatoms. The maximum atomic E-state index is 13.9. The van der Waals surface area contributed by atoms with Gasteiger partial charge in [0.05, 0.1) is 24.1 Å². The van der Waals surface area contributed by atoms with Crippen molar-refractivity contribution < 1.29 is 13.9 Å². The highest BCUT2D eigenvalue weighted by Gasteiger charge is 2.36. The summed E-state index contributed by atoms with van der Waals surface area (Å²) in [6.45, 7) is 18.8. The van der Waals surface area contributed by atoms with Crippen molar-refractivity contribution in [1.82, 2.24) is 24.8 Å². The Balaban J connectivity index is 1.29. The molecule has 2 fully saturated rings. The molecule has 3 aromatic rings. The number of fused-ring (bicyclic) bond motifs is 2. The zero-order chi connectivity index (χ0) is 32.4. The second-order valence-electron chi connectivity index (χ2n) is 12.9. The van der Waals surface area contributed by atoms with Crippen LogP contribution in [0.4, 0.5) is 15.9 Å². The monoisotopic (exact) mass is 626 g/mol. The van der Waals surface area contributed by atoms with Gasteiger partial charge in [-0.25, -0.2) is 11.0 Å². The van der Waals surface area contributed by atoms with E-state index < -0.39 is 17.8 Å². The lowest BCUT2D eigenvalue weighted by molar-refractivity contribution is -0.131. The van der Waals surface area contributed by atoms with Crippen molar-refractivity contribution >= 4 is 28.2 Å². The van der Waals surface area contributed by atoms with Crippen molar-refractivity contribution in [2.75, 3.05) is 62.7 Å². The van der Waals surface area contributed by atoms with Gasteiger partial charge in [0.25, 0.3) is 5.91 Å². The number of aryl methyl sites for hydroxylation is 1. The van der Waals surface area contributed by atoms with Crippen LogP contribution in [0.1, 0.15) is 43.0 Å². The Bertz CT molecular complexity index is 1650. The average molecular weight is 627 g/mol. The Morgan fingerprint density at radius 3 is 2.78 bits per heavy atom. The van der Waals surface area contributed by atoms with Crippen LogP contribution in [0.2, 0.25) is 0 Å². The van der Waals surface area contributed by atoms with Crippen LogP contribution in [0, 0.1) is 19.4 Å². The highest BCUT2D eigenvalue weighted by molar-refractivity contribution is 5.96. The predicted octanol–water partition coefficient (Wildman–Crippen LogP) is 4.81. The molecule has 1 saturated heterocycles. The number of carbonyl (C=O) groups is 1. The number of nitrogens with zero attached hydrogens (tertiary/aromatic N) is 8. The summed E-state index contributed by atoms with van der Waals surface area (Å²) in [7, 11) is 2.15. The summed E-state index contributed by atoms with van der Waals surface area (Å²) in [6, 6.07) is 6.62. The molecule has 0 radical (unpaired) electrons. The van der Waals surface area contributed by atoms with E-state index in [9.17, 15) is 9.18 Å². The van der Waals surface area contributed by atoms with Crippen LogP contribution in [0.15, 0.2) is 43.0 Å². The van der Waals surface area contributed by atoms with Gasteiger partial charge in [-0.15, -0.1) is 0 Å². The third kappa shape index (κ3) is 6.36. The first-order valence-electron chi connectivity index (χ1n) is 16.3. The Labute approximate surface area is 270 Å². The van der Waals surface area contributed by atoms with E-state index in [1.54, 1.807) is 0 Å². The molecule has 2 atom stereocenters. The quantitative estimate of drug-likeness (QED) is 0.234. The van der Waals surface area contributed by atoms with Gasteiger partial charge in [0.2, 0.25) is 6.54 Å². The SMILES string of the molecule is [C-]#[N+]C[C@H]1CN(c2nc(OCCN(C)[C@H](C)C3CCC3)nc3c2CCN(c2cncc4cccc(C)c24)C3)CCN1C(=O)C(=C)F. The number of ether oxygens (including phenoxy) is 1. The molecule has 1 amide bonds. The number of piperazine rings is 1.